The van der Waals surface area contributed by atoms with Crippen molar-refractivity contribution < 1.29 is 13.2 Å². The maximum absolute atomic E-state index is 12.1. The molecule has 0 amide bonds. The first-order valence-electron chi connectivity index (χ1n) is 8.03. The molecule has 2 N–H and O–H groups in total. The van der Waals surface area contributed by atoms with Gasteiger partial charge in [-0.25, -0.2) is 12.7 Å². The van der Waals surface area contributed by atoms with E-state index in [1.807, 2.05) is 24.3 Å². The van der Waals surface area contributed by atoms with Gasteiger partial charge in [-0.1, -0.05) is 24.3 Å². The zero-order valence-electron chi connectivity index (χ0n) is 15.6. The Bertz CT molecular complexity index is 939. The van der Waals surface area contributed by atoms with Crippen molar-refractivity contribution in [2.45, 2.75) is 11.8 Å². The van der Waals surface area contributed by atoms with Crippen LogP contribution in [0.3, 0.4) is 0 Å². The van der Waals surface area contributed by atoms with Crippen LogP contribution in [0, 0.1) is 0 Å². The van der Waals surface area contributed by atoms with Crippen LogP contribution >= 0.6 is 12.2 Å². The molecule has 0 aliphatic rings. The molecule has 0 aliphatic carbocycles. The average molecular weight is 407 g/mol. The van der Waals surface area contributed by atoms with Gasteiger partial charge in [0.15, 0.2) is 5.11 Å². The zero-order valence-corrected chi connectivity index (χ0v) is 17.2. The SMILES string of the molecule is COc1ccccc1NC(=S)N/N=C(/C)c1ccc(S(=O)(=O)N(C)C)cc1. The van der Waals surface area contributed by atoms with E-state index in [1.165, 1.54) is 18.4 Å². The normalized spacial score (nSPS) is 12.0. The molecular weight excluding hydrogens is 384 g/mol. The second-order valence-electron chi connectivity index (χ2n) is 5.78. The van der Waals surface area contributed by atoms with Crippen LogP contribution in [0.15, 0.2) is 58.5 Å². The zero-order chi connectivity index (χ0) is 20.0. The molecule has 0 bridgehead atoms. The number of nitrogens with one attached hydrogen (secondary N) is 2. The fraction of sp³-hybridized carbons (Fsp3) is 0.222. The maximum Gasteiger partial charge on any atom is 0.242 e. The Hall–Kier alpha value is -2.49. The van der Waals surface area contributed by atoms with Crippen LogP contribution in [0.1, 0.15) is 12.5 Å². The van der Waals surface area contributed by atoms with Crippen molar-refractivity contribution in [2.75, 3.05) is 26.5 Å². The highest BCUT2D eigenvalue weighted by Gasteiger charge is 2.16. The third-order valence-corrected chi connectivity index (χ3v) is 5.75. The molecule has 0 heterocycles. The number of hydrogen-bond acceptors (Lipinski definition) is 5. The van der Waals surface area contributed by atoms with Crippen LogP contribution in [0.4, 0.5) is 5.69 Å². The number of benzene rings is 2. The minimum absolute atomic E-state index is 0.227. The van der Waals surface area contributed by atoms with E-state index in [0.717, 1.165) is 11.3 Å². The van der Waals surface area contributed by atoms with Crippen LogP contribution in [0.5, 0.6) is 5.75 Å². The topological polar surface area (TPSA) is 83.0 Å². The fourth-order valence-corrected chi connectivity index (χ4v) is 3.23. The molecule has 7 nitrogen and oxygen atoms in total. The summed E-state index contributed by atoms with van der Waals surface area (Å²) in [5, 5.41) is 7.56. The Labute approximate surface area is 165 Å². The number of ether oxygens (including phenoxy) is 1. The largest absolute Gasteiger partial charge is 0.495 e. The lowest BCUT2D eigenvalue weighted by molar-refractivity contribution is 0.417. The van der Waals surface area contributed by atoms with Gasteiger partial charge in [0.1, 0.15) is 5.75 Å². The predicted octanol–water partition coefficient (Wildman–Crippen LogP) is 2.66. The van der Waals surface area contributed by atoms with Crippen LogP contribution in [0.25, 0.3) is 0 Å². The van der Waals surface area contributed by atoms with Gasteiger partial charge in [0.2, 0.25) is 10.0 Å². The minimum atomic E-state index is -3.45. The molecule has 0 saturated heterocycles. The first-order valence-corrected chi connectivity index (χ1v) is 9.88. The fourth-order valence-electron chi connectivity index (χ4n) is 2.18. The molecule has 144 valence electrons. The summed E-state index contributed by atoms with van der Waals surface area (Å²) in [6, 6.07) is 13.9. The van der Waals surface area contributed by atoms with Crippen molar-refractivity contribution in [1.82, 2.24) is 9.73 Å². The maximum atomic E-state index is 12.1. The van der Waals surface area contributed by atoms with Gasteiger partial charge >= 0.3 is 0 Å². The number of rotatable bonds is 6. The molecule has 0 fully saturated rings. The molecule has 0 aliphatic heterocycles. The Morgan fingerprint density at radius 3 is 2.33 bits per heavy atom. The van der Waals surface area contributed by atoms with Gasteiger partial charge < -0.3 is 10.1 Å². The van der Waals surface area contributed by atoms with Crippen molar-refractivity contribution in [1.29, 1.82) is 0 Å². The molecule has 2 aromatic carbocycles. The summed E-state index contributed by atoms with van der Waals surface area (Å²) >= 11 is 5.24. The summed E-state index contributed by atoms with van der Waals surface area (Å²) in [5.41, 5.74) is 4.93. The molecule has 27 heavy (non-hydrogen) atoms. The lowest BCUT2D eigenvalue weighted by Gasteiger charge is -2.12. The highest BCUT2D eigenvalue weighted by molar-refractivity contribution is 7.89. The molecule has 0 saturated carbocycles. The Morgan fingerprint density at radius 1 is 1.11 bits per heavy atom. The molecule has 0 radical (unpaired) electrons. The first kappa shape index (κ1) is 20.8. The second-order valence-corrected chi connectivity index (χ2v) is 8.34. The number of anilines is 1. The number of hydrogen-bond donors (Lipinski definition) is 2. The van der Waals surface area contributed by atoms with E-state index in [1.54, 1.807) is 38.3 Å². The lowest BCUT2D eigenvalue weighted by atomic mass is 10.1. The van der Waals surface area contributed by atoms with E-state index in [4.69, 9.17) is 17.0 Å². The number of thiocarbonyl (C=S) groups is 1. The quantitative estimate of drug-likeness (QED) is 0.436. The van der Waals surface area contributed by atoms with E-state index in [2.05, 4.69) is 15.8 Å². The highest BCUT2D eigenvalue weighted by atomic mass is 32.2. The lowest BCUT2D eigenvalue weighted by Crippen LogP contribution is -2.25. The molecule has 0 aromatic heterocycles. The van der Waals surface area contributed by atoms with Gasteiger partial charge in [-0.3, -0.25) is 5.43 Å². The molecule has 0 unspecified atom stereocenters. The van der Waals surface area contributed by atoms with Gasteiger partial charge in [0.25, 0.3) is 0 Å². The summed E-state index contributed by atoms with van der Waals surface area (Å²) in [6.45, 7) is 1.80. The molecule has 2 rings (SSSR count). The Morgan fingerprint density at radius 2 is 1.74 bits per heavy atom. The van der Waals surface area contributed by atoms with Crippen LogP contribution in [-0.2, 0) is 10.0 Å². The van der Waals surface area contributed by atoms with Crippen LogP contribution in [0.2, 0.25) is 0 Å². The first-order chi connectivity index (χ1) is 12.8. The third kappa shape index (κ3) is 5.25. The van der Waals surface area contributed by atoms with Gasteiger partial charge in [0, 0.05) is 14.1 Å². The van der Waals surface area contributed by atoms with E-state index < -0.39 is 10.0 Å². The Kier molecular flexibility index (Phi) is 6.89. The Balaban J connectivity index is 2.06. The second kappa shape index (κ2) is 8.94. The summed E-state index contributed by atoms with van der Waals surface area (Å²) in [4.78, 5) is 0.227. The molecule has 0 atom stereocenters. The van der Waals surface area contributed by atoms with Crippen molar-refractivity contribution in [3.05, 3.63) is 54.1 Å². The predicted molar refractivity (Wildman–Crippen MR) is 112 cm³/mol. The van der Waals surface area contributed by atoms with E-state index in [9.17, 15) is 8.42 Å². The molecule has 2 aromatic rings. The number of methoxy groups -OCH3 is 1. The monoisotopic (exact) mass is 406 g/mol. The smallest absolute Gasteiger partial charge is 0.242 e. The van der Waals surface area contributed by atoms with Crippen molar-refractivity contribution >= 4 is 38.8 Å². The molecule has 9 heteroatoms. The van der Waals surface area contributed by atoms with Crippen molar-refractivity contribution in [2.24, 2.45) is 5.10 Å². The number of nitrogens with zero attached hydrogens (tertiary/aromatic N) is 2. The summed E-state index contributed by atoms with van der Waals surface area (Å²) in [5.74, 6) is 0.667. The highest BCUT2D eigenvalue weighted by Crippen LogP contribution is 2.22. The van der Waals surface area contributed by atoms with Crippen molar-refractivity contribution in [3.63, 3.8) is 0 Å². The molecular formula is C18H22N4O3S2. The number of hydrazone groups is 1. The van der Waals surface area contributed by atoms with Gasteiger partial charge in [-0.05, 0) is 49.0 Å². The van der Waals surface area contributed by atoms with E-state index >= 15 is 0 Å². The van der Waals surface area contributed by atoms with Crippen LogP contribution in [-0.4, -0.2) is 44.8 Å². The van der Waals surface area contributed by atoms with Gasteiger partial charge in [-0.2, -0.15) is 5.10 Å². The van der Waals surface area contributed by atoms with Gasteiger partial charge in [-0.15, -0.1) is 0 Å². The number of sulfonamides is 1. The third-order valence-electron chi connectivity index (χ3n) is 3.73. The van der Waals surface area contributed by atoms with Gasteiger partial charge in [0.05, 0.1) is 23.4 Å². The van der Waals surface area contributed by atoms with E-state index in [0.29, 0.717) is 16.6 Å². The summed E-state index contributed by atoms with van der Waals surface area (Å²) in [7, 11) is 1.12. The minimum Gasteiger partial charge on any atom is -0.495 e. The van der Waals surface area contributed by atoms with E-state index in [-0.39, 0.29) is 4.90 Å². The summed E-state index contributed by atoms with van der Waals surface area (Å²) < 4.78 is 30.6. The standard InChI is InChI=1S/C18H22N4O3S2/c1-13(14-9-11-15(12-10-14)27(23,24)22(2)3)20-21-18(26)19-16-7-5-6-8-17(16)25-4/h5-12H,1-4H3,(H2,19,21,26)/b20-13-. The van der Waals surface area contributed by atoms with Crippen LogP contribution < -0.4 is 15.5 Å². The molecule has 0 spiro atoms. The number of para-hydroxylation sites is 2. The average Bonchev–Trinajstić information content (AvgIpc) is 2.66. The van der Waals surface area contributed by atoms with Crippen molar-refractivity contribution in [3.8, 4) is 5.75 Å². The summed E-state index contributed by atoms with van der Waals surface area (Å²) in [6.07, 6.45) is 0.